The van der Waals surface area contributed by atoms with E-state index < -0.39 is 68.5 Å². The molecule has 3 rings (SSSR count). The predicted octanol–water partition coefficient (Wildman–Crippen LogP) is 1.53. The molecular formula is C18H21F3N2O5S. The third-order valence-corrected chi connectivity index (χ3v) is 7.65. The van der Waals surface area contributed by atoms with Gasteiger partial charge in [0.15, 0.2) is 9.84 Å². The van der Waals surface area contributed by atoms with Crippen molar-refractivity contribution in [3.63, 3.8) is 0 Å². The van der Waals surface area contributed by atoms with Crippen LogP contribution in [0.15, 0.2) is 29.2 Å². The molecule has 2 fully saturated rings. The topological polar surface area (TPSA) is 104 Å². The summed E-state index contributed by atoms with van der Waals surface area (Å²) in [5.41, 5.74) is -1.30. The Labute approximate surface area is 165 Å². The molecule has 160 valence electrons. The number of carbonyl (C=O) groups is 2. The highest BCUT2D eigenvalue weighted by atomic mass is 32.2. The minimum absolute atomic E-state index is 0.429. The summed E-state index contributed by atoms with van der Waals surface area (Å²) in [4.78, 5) is 24.6. The van der Waals surface area contributed by atoms with E-state index in [9.17, 15) is 36.3 Å². The van der Waals surface area contributed by atoms with Crippen LogP contribution in [-0.4, -0.2) is 61.2 Å². The summed E-state index contributed by atoms with van der Waals surface area (Å²) in [6.07, 6.45) is -4.33. The predicted molar refractivity (Wildman–Crippen MR) is 95.8 cm³/mol. The second kappa shape index (κ2) is 7.94. The lowest BCUT2D eigenvalue weighted by Gasteiger charge is -2.29. The van der Waals surface area contributed by atoms with Crippen LogP contribution in [-0.2, 0) is 25.6 Å². The Kier molecular flexibility index (Phi) is 5.91. The first-order chi connectivity index (χ1) is 13.5. The molecule has 0 spiro atoms. The maximum absolute atomic E-state index is 13.3. The number of carbonyl (C=O) groups excluding carboxylic acids is 1. The number of halogens is 3. The minimum atomic E-state index is -4.88. The molecular weight excluding hydrogens is 413 g/mol. The number of benzene rings is 1. The molecule has 2 unspecified atom stereocenters. The van der Waals surface area contributed by atoms with Crippen molar-refractivity contribution >= 4 is 21.7 Å². The Bertz CT molecular complexity index is 897. The molecule has 29 heavy (non-hydrogen) atoms. The fraction of sp³-hybridized carbons (Fsp3) is 0.556. The number of hydrogen-bond acceptors (Lipinski definition) is 5. The van der Waals surface area contributed by atoms with Gasteiger partial charge < -0.3 is 15.3 Å². The van der Waals surface area contributed by atoms with Crippen LogP contribution in [0, 0.1) is 5.92 Å². The summed E-state index contributed by atoms with van der Waals surface area (Å²) >= 11 is 0. The summed E-state index contributed by atoms with van der Waals surface area (Å²) in [6, 6.07) is 2.43. The van der Waals surface area contributed by atoms with Gasteiger partial charge in [-0.25, -0.2) is 13.2 Å². The molecule has 1 aromatic rings. The normalized spacial score (nSPS) is 23.9. The number of alkyl halides is 3. The van der Waals surface area contributed by atoms with Gasteiger partial charge in [-0.2, -0.15) is 13.2 Å². The molecule has 2 saturated heterocycles. The quantitative estimate of drug-likeness (QED) is 0.745. The van der Waals surface area contributed by atoms with Gasteiger partial charge in [0.25, 0.3) is 0 Å². The number of nitrogens with one attached hydrogen (secondary N) is 1. The zero-order valence-corrected chi connectivity index (χ0v) is 16.2. The smallest absolute Gasteiger partial charge is 0.417 e. The van der Waals surface area contributed by atoms with Crippen molar-refractivity contribution in [2.24, 2.45) is 5.92 Å². The average molecular weight is 434 g/mol. The van der Waals surface area contributed by atoms with E-state index in [1.807, 2.05) is 0 Å². The van der Waals surface area contributed by atoms with Crippen LogP contribution in [0.1, 0.15) is 24.8 Å². The van der Waals surface area contributed by atoms with Crippen LogP contribution < -0.4 is 5.32 Å². The molecule has 11 heteroatoms. The lowest BCUT2D eigenvalue weighted by Crippen LogP contribution is -2.46. The van der Waals surface area contributed by atoms with Crippen LogP contribution in [0.4, 0.5) is 13.2 Å². The number of hydrogen-bond donors (Lipinski definition) is 2. The zero-order valence-electron chi connectivity index (χ0n) is 15.4. The van der Waals surface area contributed by atoms with E-state index in [-0.39, 0.29) is 0 Å². The van der Waals surface area contributed by atoms with E-state index in [1.54, 1.807) is 0 Å². The van der Waals surface area contributed by atoms with Gasteiger partial charge in [-0.05, 0) is 44.5 Å². The molecule has 2 aliphatic rings. The second-order valence-corrected chi connectivity index (χ2v) is 9.46. The van der Waals surface area contributed by atoms with Crippen molar-refractivity contribution < 1.29 is 36.3 Å². The third kappa shape index (κ3) is 4.25. The summed E-state index contributed by atoms with van der Waals surface area (Å²) < 4.78 is 65.8. The number of carboxylic acid groups (broad SMARTS) is 1. The van der Waals surface area contributed by atoms with Crippen molar-refractivity contribution in [2.45, 2.75) is 41.6 Å². The molecule has 1 amide bonds. The molecule has 0 saturated carbocycles. The number of carboxylic acids is 1. The van der Waals surface area contributed by atoms with Gasteiger partial charge >= 0.3 is 12.1 Å². The van der Waals surface area contributed by atoms with Crippen LogP contribution in [0.2, 0.25) is 0 Å². The highest BCUT2D eigenvalue weighted by molar-refractivity contribution is 7.92. The SMILES string of the molecule is O=C(O)C1CC(S(=O)(=O)c2ccccc2C(F)(F)F)CN1C(=O)C1CCNCC1. The third-order valence-electron chi connectivity index (χ3n) is 5.46. The number of likely N-dealkylation sites (tertiary alicyclic amines) is 1. The lowest BCUT2D eigenvalue weighted by atomic mass is 9.96. The fourth-order valence-electron chi connectivity index (χ4n) is 3.93. The Hall–Kier alpha value is -2.14. The Balaban J connectivity index is 1.92. The maximum Gasteiger partial charge on any atom is 0.417 e. The molecule has 2 heterocycles. The summed E-state index contributed by atoms with van der Waals surface area (Å²) in [6.45, 7) is 0.736. The van der Waals surface area contributed by atoms with Crippen LogP contribution in [0.25, 0.3) is 0 Å². The average Bonchev–Trinajstić information content (AvgIpc) is 3.14. The summed E-state index contributed by atoms with van der Waals surface area (Å²) in [5, 5.41) is 11.1. The first-order valence-electron chi connectivity index (χ1n) is 9.17. The largest absolute Gasteiger partial charge is 0.480 e. The van der Waals surface area contributed by atoms with Crippen molar-refractivity contribution in [3.05, 3.63) is 29.8 Å². The molecule has 2 N–H and O–H groups in total. The van der Waals surface area contributed by atoms with Crippen LogP contribution >= 0.6 is 0 Å². The van der Waals surface area contributed by atoms with Crippen molar-refractivity contribution in [2.75, 3.05) is 19.6 Å². The zero-order chi connectivity index (χ0) is 21.4. The molecule has 1 aromatic carbocycles. The first kappa shape index (κ1) is 21.6. The van der Waals surface area contributed by atoms with Gasteiger partial charge in [0.1, 0.15) is 6.04 Å². The Morgan fingerprint density at radius 1 is 1.14 bits per heavy atom. The fourth-order valence-corrected chi connectivity index (χ4v) is 5.84. The van der Waals surface area contributed by atoms with Gasteiger partial charge in [0, 0.05) is 12.5 Å². The van der Waals surface area contributed by atoms with Crippen LogP contribution in [0.3, 0.4) is 0 Å². The molecule has 0 bridgehead atoms. The van der Waals surface area contributed by atoms with E-state index in [1.165, 1.54) is 6.07 Å². The lowest BCUT2D eigenvalue weighted by molar-refractivity contribution is -0.150. The summed E-state index contributed by atoms with van der Waals surface area (Å²) in [7, 11) is -4.51. The first-order valence-corrected chi connectivity index (χ1v) is 10.7. The number of nitrogens with zero attached hydrogens (tertiary/aromatic N) is 1. The van der Waals surface area contributed by atoms with E-state index in [0.717, 1.165) is 17.0 Å². The van der Waals surface area contributed by atoms with Crippen LogP contribution in [0.5, 0.6) is 0 Å². The molecule has 2 aliphatic heterocycles. The highest BCUT2D eigenvalue weighted by Crippen LogP contribution is 2.38. The number of sulfone groups is 1. The number of amides is 1. The van der Waals surface area contributed by atoms with Crippen molar-refractivity contribution in [1.82, 2.24) is 10.2 Å². The van der Waals surface area contributed by atoms with Gasteiger partial charge in [-0.3, -0.25) is 4.79 Å². The van der Waals surface area contributed by atoms with Gasteiger partial charge in [0.05, 0.1) is 15.7 Å². The number of piperidine rings is 1. The molecule has 0 radical (unpaired) electrons. The van der Waals surface area contributed by atoms with Crippen molar-refractivity contribution in [3.8, 4) is 0 Å². The second-order valence-electron chi connectivity index (χ2n) is 7.27. The molecule has 7 nitrogen and oxygen atoms in total. The van der Waals surface area contributed by atoms with Crippen molar-refractivity contribution in [1.29, 1.82) is 0 Å². The number of rotatable bonds is 4. The monoisotopic (exact) mass is 434 g/mol. The molecule has 0 aromatic heterocycles. The molecule has 2 atom stereocenters. The molecule has 0 aliphatic carbocycles. The Morgan fingerprint density at radius 2 is 1.76 bits per heavy atom. The Morgan fingerprint density at radius 3 is 2.34 bits per heavy atom. The van der Waals surface area contributed by atoms with E-state index >= 15 is 0 Å². The van der Waals surface area contributed by atoms with Gasteiger partial charge in [0.2, 0.25) is 5.91 Å². The number of aliphatic carboxylic acids is 1. The van der Waals surface area contributed by atoms with E-state index in [2.05, 4.69) is 5.32 Å². The standard InChI is InChI=1S/C18H21F3N2O5S/c19-18(20,21)13-3-1-2-4-15(13)29(27,28)12-9-14(17(25)26)23(10-12)16(24)11-5-7-22-8-6-11/h1-4,11-12,14,22H,5-10H2,(H,25,26). The minimum Gasteiger partial charge on any atom is -0.480 e. The van der Waals surface area contributed by atoms with E-state index in [0.29, 0.717) is 32.0 Å². The van der Waals surface area contributed by atoms with Gasteiger partial charge in [-0.1, -0.05) is 12.1 Å². The highest BCUT2D eigenvalue weighted by Gasteiger charge is 2.48. The maximum atomic E-state index is 13.3. The summed E-state index contributed by atoms with van der Waals surface area (Å²) in [5.74, 6) is -2.25. The van der Waals surface area contributed by atoms with E-state index in [4.69, 9.17) is 0 Å². The van der Waals surface area contributed by atoms with Gasteiger partial charge in [-0.15, -0.1) is 0 Å².